The molecule has 0 radical (unpaired) electrons. The molecule has 0 aromatic carbocycles. The molecule has 0 amide bonds. The van der Waals surface area contributed by atoms with Gasteiger partial charge in [-0.25, -0.2) is 0 Å². The van der Waals surface area contributed by atoms with Crippen LogP contribution in [0.5, 0.6) is 0 Å². The molecule has 2 saturated heterocycles. The molecular weight excluding hydrogens is 434 g/mol. The minimum atomic E-state index is -0.523. The number of aromatic nitrogens is 4. The Hall–Kier alpha value is -1.65. The predicted octanol–water partition coefficient (Wildman–Crippen LogP) is 3.14. The maximum atomic E-state index is 5.91. The van der Waals surface area contributed by atoms with Gasteiger partial charge in [0.25, 0.3) is 0 Å². The third-order valence-corrected chi connectivity index (χ3v) is 6.61. The van der Waals surface area contributed by atoms with Crippen LogP contribution in [0.3, 0.4) is 0 Å². The van der Waals surface area contributed by atoms with Crippen molar-refractivity contribution in [3.8, 4) is 0 Å². The van der Waals surface area contributed by atoms with Crippen LogP contribution in [0, 0.1) is 0 Å². The molecule has 34 heavy (non-hydrogen) atoms. The monoisotopic (exact) mass is 476 g/mol. The van der Waals surface area contributed by atoms with Gasteiger partial charge in [-0.05, 0) is 81.4 Å². The number of aryl methyl sites for hydroxylation is 2. The summed E-state index contributed by atoms with van der Waals surface area (Å²) in [6.07, 6.45) is 5.51. The van der Waals surface area contributed by atoms with E-state index >= 15 is 0 Å². The molecule has 2 aromatic rings. The van der Waals surface area contributed by atoms with Crippen LogP contribution >= 0.6 is 0 Å². The van der Waals surface area contributed by atoms with Gasteiger partial charge in [0.1, 0.15) is 0 Å². The van der Waals surface area contributed by atoms with E-state index in [4.69, 9.17) is 23.3 Å². The van der Waals surface area contributed by atoms with Crippen molar-refractivity contribution in [3.05, 3.63) is 30.7 Å². The Morgan fingerprint density at radius 1 is 0.794 bits per heavy atom. The minimum absolute atomic E-state index is 0.120. The summed E-state index contributed by atoms with van der Waals surface area (Å²) in [5.74, 6) is 0. The summed E-state index contributed by atoms with van der Waals surface area (Å²) in [4.78, 5) is 0. The third kappa shape index (κ3) is 6.95. The summed E-state index contributed by atoms with van der Waals surface area (Å²) in [5, 5.41) is 7.95. The second kappa shape index (κ2) is 10.5. The van der Waals surface area contributed by atoms with E-state index in [1.807, 2.05) is 102 Å². The molecule has 0 atom stereocenters. The Balaban J connectivity index is 0.000000195. The van der Waals surface area contributed by atoms with E-state index in [2.05, 4.69) is 10.2 Å². The van der Waals surface area contributed by atoms with Crippen molar-refractivity contribution >= 4 is 20.0 Å². The maximum Gasteiger partial charge on any atom is 0.640 e. The van der Waals surface area contributed by atoms with Gasteiger partial charge in [-0.2, -0.15) is 10.2 Å². The fourth-order valence-corrected chi connectivity index (χ4v) is 2.99. The lowest BCUT2D eigenvalue weighted by atomic mass is 9.85. The summed E-state index contributed by atoms with van der Waals surface area (Å²) >= 11 is 0. The lowest BCUT2D eigenvalue weighted by Crippen LogP contribution is -2.41. The molecule has 4 heterocycles. The molecule has 2 aliphatic rings. The molecule has 190 valence electrons. The van der Waals surface area contributed by atoms with E-state index in [-0.39, 0.29) is 35.6 Å². The first-order valence-electron chi connectivity index (χ1n) is 11.8. The Morgan fingerprint density at radius 2 is 1.29 bits per heavy atom. The molecular formula is C23H42B2N4O5. The molecule has 9 nitrogen and oxygen atoms in total. The minimum Gasteiger partial charge on any atom is -0.398 e. The molecule has 2 fully saturated rings. The van der Waals surface area contributed by atoms with Crippen LogP contribution < -0.4 is 5.59 Å². The van der Waals surface area contributed by atoms with Gasteiger partial charge in [0.2, 0.25) is 0 Å². The number of nitrogens with zero attached hydrogens (tertiary/aromatic N) is 4. The average molecular weight is 476 g/mol. The van der Waals surface area contributed by atoms with E-state index in [9.17, 15) is 0 Å². The molecule has 0 N–H and O–H groups in total. The van der Waals surface area contributed by atoms with Gasteiger partial charge < -0.3 is 23.3 Å². The highest BCUT2D eigenvalue weighted by Crippen LogP contribution is 2.37. The summed E-state index contributed by atoms with van der Waals surface area (Å²) in [7, 11) is 2.94. The SMILES string of the molecule is CC(C)OB1OC(C)(C)C(C)(C)O1.Cn1cccn1.Cn1nccc1B1OC(C)(C)C(C)(C)O1. The highest BCUT2D eigenvalue weighted by atomic mass is 16.8. The molecule has 0 spiro atoms. The number of rotatable bonds is 3. The summed E-state index contributed by atoms with van der Waals surface area (Å²) in [5.41, 5.74) is -0.225. The van der Waals surface area contributed by atoms with Crippen LogP contribution in [0.1, 0.15) is 69.2 Å². The number of hydrogen-bond acceptors (Lipinski definition) is 7. The van der Waals surface area contributed by atoms with E-state index < -0.39 is 7.32 Å². The van der Waals surface area contributed by atoms with E-state index in [0.717, 1.165) is 5.59 Å². The van der Waals surface area contributed by atoms with Gasteiger partial charge in [0, 0.05) is 38.8 Å². The van der Waals surface area contributed by atoms with Crippen molar-refractivity contribution in [2.24, 2.45) is 14.1 Å². The van der Waals surface area contributed by atoms with E-state index in [1.165, 1.54) is 0 Å². The quantitative estimate of drug-likeness (QED) is 0.630. The zero-order valence-corrected chi connectivity index (χ0v) is 22.9. The molecule has 0 bridgehead atoms. The molecule has 11 heteroatoms. The van der Waals surface area contributed by atoms with Crippen molar-refractivity contribution in [1.29, 1.82) is 0 Å². The van der Waals surface area contributed by atoms with Crippen LogP contribution in [0.25, 0.3) is 0 Å². The van der Waals surface area contributed by atoms with Crippen molar-refractivity contribution < 1.29 is 23.3 Å². The zero-order chi connectivity index (χ0) is 25.9. The van der Waals surface area contributed by atoms with Crippen molar-refractivity contribution in [3.63, 3.8) is 0 Å². The summed E-state index contributed by atoms with van der Waals surface area (Å²) in [6.45, 7) is 20.1. The topological polar surface area (TPSA) is 81.8 Å². The van der Waals surface area contributed by atoms with Crippen LogP contribution in [0.2, 0.25) is 0 Å². The zero-order valence-electron chi connectivity index (χ0n) is 22.9. The lowest BCUT2D eigenvalue weighted by Gasteiger charge is -2.32. The van der Waals surface area contributed by atoms with Crippen molar-refractivity contribution in [2.45, 2.75) is 97.7 Å². The first kappa shape index (κ1) is 28.6. The average Bonchev–Trinajstić information content (AvgIpc) is 3.38. The Kier molecular flexibility index (Phi) is 8.86. The van der Waals surface area contributed by atoms with Gasteiger partial charge in [0.05, 0.1) is 28.0 Å². The van der Waals surface area contributed by atoms with Crippen LogP contribution in [0.15, 0.2) is 30.7 Å². The third-order valence-electron chi connectivity index (χ3n) is 6.61. The van der Waals surface area contributed by atoms with E-state index in [0.29, 0.717) is 0 Å². The normalized spacial score (nSPS) is 21.7. The largest absolute Gasteiger partial charge is 0.640 e. The lowest BCUT2D eigenvalue weighted by molar-refractivity contribution is 0.00578. The molecule has 4 rings (SSSR count). The standard InChI is InChI=1S/C10H17BN2O2.C9H19BO3.C4H6N2/c1-9(2)10(3,4)15-11(14-9)8-6-7-12-13(8)5;1-7(2)11-10-12-8(3,4)9(5,6)13-10;1-6-4-2-3-5-6/h6-7H,1-5H3;7H,1-6H3;2-4H,1H3. The van der Waals surface area contributed by atoms with Crippen LogP contribution in [-0.2, 0) is 37.4 Å². The first-order chi connectivity index (χ1) is 15.5. The Labute approximate surface area is 205 Å². The number of hydrogen-bond donors (Lipinski definition) is 0. The smallest absolute Gasteiger partial charge is 0.398 e. The molecule has 0 aliphatic carbocycles. The van der Waals surface area contributed by atoms with Crippen molar-refractivity contribution in [1.82, 2.24) is 19.6 Å². The van der Waals surface area contributed by atoms with E-state index in [1.54, 1.807) is 21.8 Å². The van der Waals surface area contributed by atoms with Gasteiger partial charge in [-0.1, -0.05) is 0 Å². The van der Waals surface area contributed by atoms with Gasteiger partial charge in [-0.3, -0.25) is 9.36 Å². The molecule has 0 saturated carbocycles. The molecule has 2 aromatic heterocycles. The fraction of sp³-hybridized carbons (Fsp3) is 0.739. The first-order valence-corrected chi connectivity index (χ1v) is 11.8. The van der Waals surface area contributed by atoms with Crippen LogP contribution in [-0.4, -0.2) is 62.5 Å². The van der Waals surface area contributed by atoms with Gasteiger partial charge >= 0.3 is 14.4 Å². The van der Waals surface area contributed by atoms with Gasteiger partial charge in [-0.15, -0.1) is 0 Å². The second-order valence-corrected chi connectivity index (χ2v) is 10.9. The van der Waals surface area contributed by atoms with Crippen molar-refractivity contribution in [2.75, 3.05) is 0 Å². The Morgan fingerprint density at radius 3 is 1.62 bits per heavy atom. The fourth-order valence-electron chi connectivity index (χ4n) is 2.99. The Bertz CT molecular complexity index is 865. The summed E-state index contributed by atoms with van der Waals surface area (Å²) < 4.78 is 32.0. The summed E-state index contributed by atoms with van der Waals surface area (Å²) in [6, 6.07) is 3.81. The molecule has 2 aliphatic heterocycles. The highest BCUT2D eigenvalue weighted by molar-refractivity contribution is 6.61. The highest BCUT2D eigenvalue weighted by Gasteiger charge is 2.53. The van der Waals surface area contributed by atoms with Crippen LogP contribution in [0.4, 0.5) is 0 Å². The van der Waals surface area contributed by atoms with Gasteiger partial charge in [0.15, 0.2) is 0 Å². The predicted molar refractivity (Wildman–Crippen MR) is 134 cm³/mol. The molecule has 0 unspecified atom stereocenters. The second-order valence-electron chi connectivity index (χ2n) is 10.9. The maximum absolute atomic E-state index is 5.91.